The normalized spacial score (nSPS) is 19.5. The van der Waals surface area contributed by atoms with Crippen LogP contribution in [0.25, 0.3) is 0 Å². The lowest BCUT2D eigenvalue weighted by atomic mass is 9.92. The molecule has 1 fully saturated rings. The van der Waals surface area contributed by atoms with Gasteiger partial charge >= 0.3 is 0 Å². The predicted octanol–water partition coefficient (Wildman–Crippen LogP) is 3.06. The average molecular weight is 278 g/mol. The molecular weight excluding hydrogens is 256 g/mol. The lowest BCUT2D eigenvalue weighted by Gasteiger charge is -2.30. The van der Waals surface area contributed by atoms with Gasteiger partial charge in [0, 0.05) is 37.4 Å². The number of hydrogen-bond donors (Lipinski definition) is 1. The van der Waals surface area contributed by atoms with Gasteiger partial charge in [-0.3, -0.25) is 10.1 Å². The molecular formula is C15H22N2O3. The molecule has 2 unspecified atom stereocenters. The van der Waals surface area contributed by atoms with Gasteiger partial charge in [-0.05, 0) is 38.2 Å². The Balaban J connectivity index is 1.93. The molecule has 1 heterocycles. The Morgan fingerprint density at radius 2 is 1.85 bits per heavy atom. The van der Waals surface area contributed by atoms with E-state index < -0.39 is 0 Å². The van der Waals surface area contributed by atoms with Gasteiger partial charge in [0.05, 0.1) is 4.92 Å². The molecule has 1 N–H and O–H groups in total. The Morgan fingerprint density at radius 1 is 1.25 bits per heavy atom. The van der Waals surface area contributed by atoms with Gasteiger partial charge in [0.2, 0.25) is 0 Å². The van der Waals surface area contributed by atoms with E-state index in [1.807, 2.05) is 12.1 Å². The Labute approximate surface area is 119 Å². The first kappa shape index (κ1) is 14.9. The summed E-state index contributed by atoms with van der Waals surface area (Å²) in [4.78, 5) is 10.3. The average Bonchev–Trinajstić information content (AvgIpc) is 2.48. The first-order valence-electron chi connectivity index (χ1n) is 7.16. The largest absolute Gasteiger partial charge is 0.381 e. The number of nitro benzene ring substituents is 1. The number of rotatable bonds is 5. The molecule has 0 aliphatic carbocycles. The van der Waals surface area contributed by atoms with Crippen LogP contribution in [0.15, 0.2) is 24.3 Å². The Morgan fingerprint density at radius 3 is 2.40 bits per heavy atom. The molecule has 2 rings (SSSR count). The molecule has 1 aliphatic heterocycles. The van der Waals surface area contributed by atoms with Crippen molar-refractivity contribution in [3.63, 3.8) is 0 Å². The number of ether oxygens (including phenoxy) is 1. The maximum absolute atomic E-state index is 10.6. The number of benzene rings is 1. The smallest absolute Gasteiger partial charge is 0.269 e. The molecule has 0 aromatic heterocycles. The van der Waals surface area contributed by atoms with E-state index in [4.69, 9.17) is 4.74 Å². The maximum atomic E-state index is 10.6. The van der Waals surface area contributed by atoms with Gasteiger partial charge in [0.15, 0.2) is 0 Å². The van der Waals surface area contributed by atoms with E-state index in [0.717, 1.165) is 31.6 Å². The zero-order valence-electron chi connectivity index (χ0n) is 12.0. The van der Waals surface area contributed by atoms with Crippen molar-refractivity contribution in [2.24, 2.45) is 5.92 Å². The van der Waals surface area contributed by atoms with Crippen molar-refractivity contribution in [3.8, 4) is 0 Å². The van der Waals surface area contributed by atoms with Crippen molar-refractivity contribution in [1.29, 1.82) is 0 Å². The highest BCUT2D eigenvalue weighted by Gasteiger charge is 2.22. The van der Waals surface area contributed by atoms with Crippen molar-refractivity contribution in [1.82, 2.24) is 5.32 Å². The standard InChI is InChI=1S/C15H22N2O3/c1-11(13-3-5-15(6-4-13)17(18)19)16-12(2)14-7-9-20-10-8-14/h3-6,11-12,14,16H,7-10H2,1-2H3. The van der Waals surface area contributed by atoms with Gasteiger partial charge in [-0.2, -0.15) is 0 Å². The number of nitrogens with zero attached hydrogens (tertiary/aromatic N) is 1. The fourth-order valence-electron chi connectivity index (χ4n) is 2.73. The lowest BCUT2D eigenvalue weighted by Crippen LogP contribution is -2.38. The molecule has 5 nitrogen and oxygen atoms in total. The molecule has 0 bridgehead atoms. The molecule has 1 aromatic rings. The van der Waals surface area contributed by atoms with Crippen LogP contribution in [0.1, 0.15) is 38.3 Å². The van der Waals surface area contributed by atoms with Gasteiger partial charge in [-0.1, -0.05) is 12.1 Å². The van der Waals surface area contributed by atoms with Gasteiger partial charge in [0.25, 0.3) is 5.69 Å². The second-order valence-corrected chi connectivity index (χ2v) is 5.48. The van der Waals surface area contributed by atoms with Crippen molar-refractivity contribution < 1.29 is 9.66 Å². The van der Waals surface area contributed by atoms with Crippen molar-refractivity contribution in [2.45, 2.75) is 38.8 Å². The van der Waals surface area contributed by atoms with E-state index in [1.54, 1.807) is 12.1 Å². The summed E-state index contributed by atoms with van der Waals surface area (Å²) in [6, 6.07) is 7.39. The molecule has 1 saturated heterocycles. The highest BCUT2D eigenvalue weighted by atomic mass is 16.6. The summed E-state index contributed by atoms with van der Waals surface area (Å²) in [5, 5.41) is 14.2. The summed E-state index contributed by atoms with van der Waals surface area (Å²) in [5.74, 6) is 0.643. The molecule has 0 saturated carbocycles. The molecule has 0 amide bonds. The fraction of sp³-hybridized carbons (Fsp3) is 0.600. The SMILES string of the molecule is CC(NC(C)C1CCOCC1)c1ccc([N+](=O)[O-])cc1. The van der Waals surface area contributed by atoms with Crippen molar-refractivity contribution in [2.75, 3.05) is 13.2 Å². The second-order valence-electron chi connectivity index (χ2n) is 5.48. The summed E-state index contributed by atoms with van der Waals surface area (Å²) >= 11 is 0. The van der Waals surface area contributed by atoms with Gasteiger partial charge in [0.1, 0.15) is 0 Å². The zero-order chi connectivity index (χ0) is 14.5. The highest BCUT2D eigenvalue weighted by molar-refractivity contribution is 5.34. The summed E-state index contributed by atoms with van der Waals surface area (Å²) in [6.45, 7) is 6.00. The molecule has 0 spiro atoms. The number of hydrogen-bond acceptors (Lipinski definition) is 4. The van der Waals surface area contributed by atoms with Crippen LogP contribution in [0.2, 0.25) is 0 Å². The quantitative estimate of drug-likeness (QED) is 0.664. The van der Waals surface area contributed by atoms with E-state index in [2.05, 4.69) is 19.2 Å². The van der Waals surface area contributed by atoms with E-state index in [9.17, 15) is 10.1 Å². The van der Waals surface area contributed by atoms with Crippen LogP contribution in [0.4, 0.5) is 5.69 Å². The second kappa shape index (κ2) is 6.81. The van der Waals surface area contributed by atoms with Crippen LogP contribution in [-0.4, -0.2) is 24.2 Å². The highest BCUT2D eigenvalue weighted by Crippen LogP contribution is 2.22. The van der Waals surface area contributed by atoms with Crippen LogP contribution in [0.5, 0.6) is 0 Å². The zero-order valence-corrected chi connectivity index (χ0v) is 12.0. The molecule has 5 heteroatoms. The molecule has 0 radical (unpaired) electrons. The van der Waals surface area contributed by atoms with Gasteiger partial charge < -0.3 is 10.1 Å². The topological polar surface area (TPSA) is 64.4 Å². The maximum Gasteiger partial charge on any atom is 0.269 e. The third kappa shape index (κ3) is 3.77. The lowest BCUT2D eigenvalue weighted by molar-refractivity contribution is -0.384. The monoisotopic (exact) mass is 278 g/mol. The van der Waals surface area contributed by atoms with Crippen molar-refractivity contribution >= 4 is 5.69 Å². The minimum absolute atomic E-state index is 0.137. The minimum atomic E-state index is -0.369. The van der Waals surface area contributed by atoms with Crippen LogP contribution < -0.4 is 5.32 Å². The van der Waals surface area contributed by atoms with Crippen LogP contribution in [-0.2, 0) is 4.74 Å². The third-order valence-corrected chi connectivity index (χ3v) is 4.09. The number of nitrogens with one attached hydrogen (secondary N) is 1. The Bertz CT molecular complexity index is 441. The number of nitro groups is 1. The summed E-state index contributed by atoms with van der Waals surface area (Å²) in [5.41, 5.74) is 1.22. The minimum Gasteiger partial charge on any atom is -0.381 e. The Kier molecular flexibility index (Phi) is 5.09. The van der Waals surface area contributed by atoms with Gasteiger partial charge in [-0.25, -0.2) is 0 Å². The molecule has 2 atom stereocenters. The fourth-order valence-corrected chi connectivity index (χ4v) is 2.73. The third-order valence-electron chi connectivity index (χ3n) is 4.09. The molecule has 1 aromatic carbocycles. The summed E-state index contributed by atoms with van der Waals surface area (Å²) < 4.78 is 5.38. The van der Waals surface area contributed by atoms with Crippen LogP contribution in [0.3, 0.4) is 0 Å². The molecule has 20 heavy (non-hydrogen) atoms. The van der Waals surface area contributed by atoms with E-state index in [0.29, 0.717) is 12.0 Å². The predicted molar refractivity (Wildman–Crippen MR) is 77.7 cm³/mol. The first-order chi connectivity index (χ1) is 9.58. The van der Waals surface area contributed by atoms with Crippen LogP contribution in [0, 0.1) is 16.0 Å². The van der Waals surface area contributed by atoms with Gasteiger partial charge in [-0.15, -0.1) is 0 Å². The summed E-state index contributed by atoms with van der Waals surface area (Å²) in [6.07, 6.45) is 2.20. The van der Waals surface area contributed by atoms with E-state index >= 15 is 0 Å². The Hall–Kier alpha value is -1.46. The number of non-ortho nitro benzene ring substituents is 1. The summed E-state index contributed by atoms with van der Waals surface area (Å²) in [7, 11) is 0. The van der Waals surface area contributed by atoms with E-state index in [-0.39, 0.29) is 16.7 Å². The van der Waals surface area contributed by atoms with Crippen LogP contribution >= 0.6 is 0 Å². The molecule has 1 aliphatic rings. The molecule has 110 valence electrons. The van der Waals surface area contributed by atoms with Crippen molar-refractivity contribution in [3.05, 3.63) is 39.9 Å². The van der Waals surface area contributed by atoms with E-state index in [1.165, 1.54) is 0 Å². The first-order valence-corrected chi connectivity index (χ1v) is 7.16.